The van der Waals surface area contributed by atoms with Crippen LogP contribution in [0.1, 0.15) is 23.6 Å². The van der Waals surface area contributed by atoms with Crippen molar-refractivity contribution >= 4 is 62.1 Å². The summed E-state index contributed by atoms with van der Waals surface area (Å²) in [7, 11) is 0. The van der Waals surface area contributed by atoms with Gasteiger partial charge in [0.2, 0.25) is 0 Å². The molecule has 2 N–H and O–H groups in total. The molecule has 1 heterocycles. The Kier molecular flexibility index (Phi) is 8.68. The van der Waals surface area contributed by atoms with Crippen LogP contribution in [0.15, 0.2) is 75.0 Å². The fourth-order valence-electron chi connectivity index (χ4n) is 3.50. The van der Waals surface area contributed by atoms with Gasteiger partial charge < -0.3 is 20.1 Å². The second-order valence-electron chi connectivity index (χ2n) is 8.29. The molecule has 190 valence electrons. The number of hydrogen-bond acceptors (Lipinski definition) is 6. The summed E-state index contributed by atoms with van der Waals surface area (Å²) in [5.41, 5.74) is 4.40. The second-order valence-corrected chi connectivity index (χ2v) is 10.2. The summed E-state index contributed by atoms with van der Waals surface area (Å²) >= 11 is 4.79. The minimum atomic E-state index is -0.287. The number of hydrogen-bond donors (Lipinski definition) is 2. The zero-order valence-electron chi connectivity index (χ0n) is 20.6. The van der Waals surface area contributed by atoms with E-state index in [9.17, 15) is 9.59 Å². The van der Waals surface area contributed by atoms with Gasteiger partial charge >= 0.3 is 0 Å². The summed E-state index contributed by atoms with van der Waals surface area (Å²) in [5.74, 6) is 0.362. The third kappa shape index (κ3) is 7.24. The molecule has 1 saturated heterocycles. The molecule has 9 heteroatoms. The van der Waals surface area contributed by atoms with Gasteiger partial charge in [0.05, 0.1) is 21.7 Å². The highest BCUT2D eigenvalue weighted by molar-refractivity contribution is 9.10. The Hall–Kier alpha value is -3.56. The van der Waals surface area contributed by atoms with Gasteiger partial charge in [-0.2, -0.15) is 0 Å². The predicted octanol–water partition coefficient (Wildman–Crippen LogP) is 6.37. The summed E-state index contributed by atoms with van der Waals surface area (Å²) in [6, 6.07) is 18.9. The summed E-state index contributed by atoms with van der Waals surface area (Å²) in [6.45, 7) is 6.04. The van der Waals surface area contributed by atoms with Crippen molar-refractivity contribution in [1.29, 1.82) is 0 Å². The van der Waals surface area contributed by atoms with Crippen molar-refractivity contribution in [2.75, 3.05) is 18.5 Å². The topological polar surface area (TPSA) is 89.0 Å². The van der Waals surface area contributed by atoms with Crippen molar-refractivity contribution in [2.45, 2.75) is 20.8 Å². The Bertz CT molecular complexity index is 1390. The number of ether oxygens (including phenoxy) is 2. The zero-order chi connectivity index (χ0) is 26.4. The smallest absolute Gasteiger partial charge is 0.264 e. The standard InChI is InChI=1S/C28H26BrN3O4S/c1-4-35-23-14-19(15-24-27(34)32-28(37-24)31-20-10-8-17(2)9-11-20)13-22(29)26(23)36-16-25(33)30-21-7-5-6-18(3)12-21/h5-15H,4,16H2,1-3H3,(H,30,33)(H,31,32,34)/b24-15-. The number of benzene rings is 3. The first-order chi connectivity index (χ1) is 17.8. The van der Waals surface area contributed by atoms with E-state index < -0.39 is 0 Å². The number of carbonyl (C=O) groups excluding carboxylic acids is 2. The van der Waals surface area contributed by atoms with E-state index in [1.54, 1.807) is 12.1 Å². The molecule has 4 rings (SSSR count). The van der Waals surface area contributed by atoms with Gasteiger partial charge in [-0.05, 0) is 102 Å². The number of nitrogens with one attached hydrogen (secondary N) is 2. The first-order valence-electron chi connectivity index (χ1n) is 11.6. The SMILES string of the molecule is CCOc1cc(/C=C2\SC(=Nc3ccc(C)cc3)NC2=O)cc(Br)c1OCC(=O)Nc1cccc(C)c1. The lowest BCUT2D eigenvalue weighted by molar-refractivity contribution is -0.118. The van der Waals surface area contributed by atoms with Crippen molar-refractivity contribution in [1.82, 2.24) is 5.32 Å². The largest absolute Gasteiger partial charge is 0.490 e. The Morgan fingerprint density at radius 2 is 1.86 bits per heavy atom. The number of halogens is 1. The number of aliphatic imine (C=N–C) groups is 1. The molecular formula is C28H26BrN3O4S. The van der Waals surface area contributed by atoms with Crippen LogP contribution in [0.5, 0.6) is 11.5 Å². The van der Waals surface area contributed by atoms with Gasteiger partial charge in [0.15, 0.2) is 23.3 Å². The number of anilines is 1. The Morgan fingerprint density at radius 1 is 1.08 bits per heavy atom. The molecule has 0 spiro atoms. The lowest BCUT2D eigenvalue weighted by Crippen LogP contribution is -2.20. The molecule has 0 aliphatic carbocycles. The highest BCUT2D eigenvalue weighted by Crippen LogP contribution is 2.38. The maximum atomic E-state index is 12.6. The molecule has 0 unspecified atom stereocenters. The lowest BCUT2D eigenvalue weighted by atomic mass is 10.2. The number of aryl methyl sites for hydroxylation is 2. The summed E-state index contributed by atoms with van der Waals surface area (Å²) in [6.07, 6.45) is 1.76. The summed E-state index contributed by atoms with van der Waals surface area (Å²) in [5, 5.41) is 6.14. The molecular weight excluding hydrogens is 554 g/mol. The van der Waals surface area contributed by atoms with Crippen LogP contribution in [-0.2, 0) is 9.59 Å². The van der Waals surface area contributed by atoms with E-state index in [4.69, 9.17) is 9.47 Å². The molecule has 3 aromatic rings. The number of rotatable bonds is 8. The van der Waals surface area contributed by atoms with Crippen molar-refractivity contribution in [3.05, 3.63) is 86.7 Å². The fourth-order valence-corrected chi connectivity index (χ4v) is 4.92. The Morgan fingerprint density at radius 3 is 2.59 bits per heavy atom. The van der Waals surface area contributed by atoms with Crippen LogP contribution >= 0.6 is 27.7 Å². The zero-order valence-corrected chi connectivity index (χ0v) is 23.0. The van der Waals surface area contributed by atoms with Crippen LogP contribution in [0.3, 0.4) is 0 Å². The van der Waals surface area contributed by atoms with Crippen LogP contribution in [-0.4, -0.2) is 30.2 Å². The minimum absolute atomic E-state index is 0.190. The maximum absolute atomic E-state index is 12.6. The van der Waals surface area contributed by atoms with Gasteiger partial charge in [0, 0.05) is 5.69 Å². The van der Waals surface area contributed by atoms with Gasteiger partial charge in [-0.3, -0.25) is 9.59 Å². The highest BCUT2D eigenvalue weighted by atomic mass is 79.9. The fraction of sp³-hybridized carbons (Fsp3) is 0.179. The number of carbonyl (C=O) groups is 2. The van der Waals surface area contributed by atoms with Gasteiger partial charge in [-0.25, -0.2) is 4.99 Å². The highest BCUT2D eigenvalue weighted by Gasteiger charge is 2.24. The average molecular weight is 581 g/mol. The van der Waals surface area contributed by atoms with Gasteiger partial charge in [-0.15, -0.1) is 0 Å². The molecule has 3 aromatic carbocycles. The van der Waals surface area contributed by atoms with Crippen LogP contribution in [0, 0.1) is 13.8 Å². The number of amides is 2. The summed E-state index contributed by atoms with van der Waals surface area (Å²) in [4.78, 5) is 30.0. The normalized spacial score (nSPS) is 15.1. The van der Waals surface area contributed by atoms with E-state index >= 15 is 0 Å². The Balaban J connectivity index is 1.48. The number of nitrogens with zero attached hydrogens (tertiary/aromatic N) is 1. The van der Waals surface area contributed by atoms with Crippen LogP contribution in [0.4, 0.5) is 11.4 Å². The van der Waals surface area contributed by atoms with E-state index in [0.29, 0.717) is 38.3 Å². The molecule has 0 bridgehead atoms. The third-order valence-corrected chi connectivity index (χ3v) is 6.69. The van der Waals surface area contributed by atoms with Crippen LogP contribution in [0.25, 0.3) is 6.08 Å². The number of thioether (sulfide) groups is 1. The van der Waals surface area contributed by atoms with E-state index in [1.807, 2.05) is 75.4 Å². The van der Waals surface area contributed by atoms with Gasteiger partial charge in [0.25, 0.3) is 11.8 Å². The van der Waals surface area contributed by atoms with Crippen molar-refractivity contribution in [2.24, 2.45) is 4.99 Å². The van der Waals surface area contributed by atoms with E-state index in [-0.39, 0.29) is 18.4 Å². The molecule has 0 radical (unpaired) electrons. The van der Waals surface area contributed by atoms with E-state index in [0.717, 1.165) is 22.4 Å². The minimum Gasteiger partial charge on any atom is -0.490 e. The van der Waals surface area contributed by atoms with Crippen molar-refractivity contribution in [3.63, 3.8) is 0 Å². The molecule has 0 saturated carbocycles. The van der Waals surface area contributed by atoms with E-state index in [2.05, 4.69) is 31.6 Å². The monoisotopic (exact) mass is 579 g/mol. The molecule has 0 atom stereocenters. The van der Waals surface area contributed by atoms with Crippen LogP contribution < -0.4 is 20.1 Å². The third-order valence-electron chi connectivity index (χ3n) is 5.19. The van der Waals surface area contributed by atoms with Gasteiger partial charge in [0.1, 0.15) is 0 Å². The predicted molar refractivity (Wildman–Crippen MR) is 153 cm³/mol. The molecule has 7 nitrogen and oxygen atoms in total. The average Bonchev–Trinajstić information content (AvgIpc) is 3.18. The number of amidine groups is 1. The second kappa shape index (κ2) is 12.1. The Labute approximate surface area is 228 Å². The quantitative estimate of drug-likeness (QED) is 0.302. The van der Waals surface area contributed by atoms with Crippen molar-refractivity contribution < 1.29 is 19.1 Å². The molecule has 1 fully saturated rings. The summed E-state index contributed by atoms with van der Waals surface area (Å²) < 4.78 is 12.2. The van der Waals surface area contributed by atoms with E-state index in [1.165, 1.54) is 11.8 Å². The lowest BCUT2D eigenvalue weighted by Gasteiger charge is -2.15. The van der Waals surface area contributed by atoms with Crippen LogP contribution in [0.2, 0.25) is 0 Å². The maximum Gasteiger partial charge on any atom is 0.264 e. The molecule has 2 amide bonds. The molecule has 37 heavy (non-hydrogen) atoms. The first-order valence-corrected chi connectivity index (χ1v) is 13.2. The van der Waals surface area contributed by atoms with Gasteiger partial charge in [-0.1, -0.05) is 29.8 Å². The first kappa shape index (κ1) is 26.5. The molecule has 1 aliphatic rings. The van der Waals surface area contributed by atoms with Crippen molar-refractivity contribution in [3.8, 4) is 11.5 Å². The molecule has 0 aromatic heterocycles. The molecule has 1 aliphatic heterocycles.